The van der Waals surface area contributed by atoms with Crippen LogP contribution in [0.1, 0.15) is 21.7 Å². The predicted molar refractivity (Wildman–Crippen MR) is 106 cm³/mol. The van der Waals surface area contributed by atoms with Crippen LogP contribution in [-0.2, 0) is 6.54 Å². The first-order valence-corrected chi connectivity index (χ1v) is 9.41. The number of hydrogen-bond donors (Lipinski definition) is 1. The van der Waals surface area contributed by atoms with Gasteiger partial charge in [0.2, 0.25) is 0 Å². The molecule has 6 nitrogen and oxygen atoms in total. The summed E-state index contributed by atoms with van der Waals surface area (Å²) in [5.41, 5.74) is 1.86. The van der Waals surface area contributed by atoms with Gasteiger partial charge >= 0.3 is 0 Å². The highest BCUT2D eigenvalue weighted by molar-refractivity contribution is 7.99. The van der Waals surface area contributed by atoms with E-state index in [0.717, 1.165) is 15.4 Å². The van der Waals surface area contributed by atoms with Gasteiger partial charge in [-0.2, -0.15) is 5.26 Å². The lowest BCUT2D eigenvalue weighted by atomic mass is 10.2. The van der Waals surface area contributed by atoms with Gasteiger partial charge in [-0.25, -0.2) is 0 Å². The molecule has 2 heterocycles. The van der Waals surface area contributed by atoms with Crippen LogP contribution in [0.4, 0.5) is 0 Å². The van der Waals surface area contributed by atoms with Crippen LogP contribution < -0.4 is 5.32 Å². The molecular formula is C21H15N5OS. The Morgan fingerprint density at radius 3 is 2.61 bits per heavy atom. The van der Waals surface area contributed by atoms with E-state index in [2.05, 4.69) is 21.6 Å². The summed E-state index contributed by atoms with van der Waals surface area (Å²) in [5, 5.41) is 20.4. The van der Waals surface area contributed by atoms with Crippen molar-refractivity contribution >= 4 is 23.3 Å². The van der Waals surface area contributed by atoms with Crippen molar-refractivity contribution in [1.82, 2.24) is 19.9 Å². The Bertz CT molecular complexity index is 1190. The smallest absolute Gasteiger partial charge is 0.252 e. The van der Waals surface area contributed by atoms with Gasteiger partial charge in [0.25, 0.3) is 5.91 Å². The monoisotopic (exact) mass is 385 g/mol. The molecule has 0 aliphatic carbocycles. The fourth-order valence-electron chi connectivity index (χ4n) is 2.78. The van der Waals surface area contributed by atoms with Crippen LogP contribution in [0, 0.1) is 11.3 Å². The lowest BCUT2D eigenvalue weighted by molar-refractivity contribution is 0.0947. The molecule has 0 atom stereocenters. The number of carbonyl (C=O) groups excluding carboxylic acids is 1. The van der Waals surface area contributed by atoms with Gasteiger partial charge in [-0.15, -0.1) is 10.2 Å². The van der Waals surface area contributed by atoms with E-state index in [1.807, 2.05) is 65.2 Å². The number of carbonyl (C=O) groups is 1. The quantitative estimate of drug-likeness (QED) is 0.567. The summed E-state index contributed by atoms with van der Waals surface area (Å²) in [7, 11) is 0. The van der Waals surface area contributed by atoms with E-state index in [0.29, 0.717) is 17.0 Å². The summed E-state index contributed by atoms with van der Waals surface area (Å²) >= 11 is 1.40. The minimum absolute atomic E-state index is 0.204. The first-order chi connectivity index (χ1) is 13.8. The number of aromatic nitrogens is 3. The molecule has 4 aromatic rings. The Labute approximate surface area is 165 Å². The van der Waals surface area contributed by atoms with E-state index in [1.54, 1.807) is 12.1 Å². The molecular weight excluding hydrogens is 370 g/mol. The molecule has 0 fully saturated rings. The molecule has 2 aromatic carbocycles. The molecule has 0 aliphatic heterocycles. The maximum atomic E-state index is 12.8. The summed E-state index contributed by atoms with van der Waals surface area (Å²) in [6.45, 7) is 0.262. The van der Waals surface area contributed by atoms with Gasteiger partial charge in [-0.05, 0) is 36.4 Å². The van der Waals surface area contributed by atoms with Crippen LogP contribution in [0.15, 0.2) is 82.7 Å². The minimum atomic E-state index is -0.204. The van der Waals surface area contributed by atoms with Gasteiger partial charge in [0.15, 0.2) is 11.5 Å². The van der Waals surface area contributed by atoms with Crippen LogP contribution in [0.5, 0.6) is 0 Å². The van der Waals surface area contributed by atoms with Crippen molar-refractivity contribution in [1.29, 1.82) is 5.26 Å². The second kappa shape index (κ2) is 7.94. The van der Waals surface area contributed by atoms with Gasteiger partial charge in [0.05, 0.1) is 17.7 Å². The van der Waals surface area contributed by atoms with Crippen LogP contribution in [0.3, 0.4) is 0 Å². The summed E-state index contributed by atoms with van der Waals surface area (Å²) in [6.07, 6.45) is 1.86. The molecule has 0 radical (unpaired) electrons. The molecule has 1 N–H and O–H groups in total. The molecule has 0 unspecified atom stereocenters. The Balaban J connectivity index is 1.54. The van der Waals surface area contributed by atoms with Crippen LogP contribution in [-0.4, -0.2) is 20.5 Å². The zero-order valence-electron chi connectivity index (χ0n) is 14.7. The number of fused-ring (bicyclic) bond motifs is 1. The normalized spacial score (nSPS) is 10.5. The number of nitrogens with zero attached hydrogens (tertiary/aromatic N) is 4. The topological polar surface area (TPSA) is 83.1 Å². The number of amides is 1. The number of nitrogens with one attached hydrogen (secondary N) is 1. The Morgan fingerprint density at radius 2 is 1.75 bits per heavy atom. The number of pyridine rings is 1. The lowest BCUT2D eigenvalue weighted by Crippen LogP contribution is -2.24. The van der Waals surface area contributed by atoms with Gasteiger partial charge in [0.1, 0.15) is 6.07 Å². The maximum Gasteiger partial charge on any atom is 0.252 e. The van der Waals surface area contributed by atoms with Gasteiger partial charge in [0, 0.05) is 16.0 Å². The van der Waals surface area contributed by atoms with Crippen LogP contribution in [0.25, 0.3) is 5.65 Å². The highest BCUT2D eigenvalue weighted by Crippen LogP contribution is 2.32. The Hall–Kier alpha value is -3.63. The van der Waals surface area contributed by atoms with E-state index in [1.165, 1.54) is 11.8 Å². The first-order valence-electron chi connectivity index (χ1n) is 8.59. The molecule has 0 aliphatic rings. The second-order valence-corrected chi connectivity index (χ2v) is 7.02. The SMILES string of the molecule is N#Cc1ccccc1Sc1ccccc1C(=O)NCc1nnc2ccccn12. The van der Waals surface area contributed by atoms with E-state index >= 15 is 0 Å². The van der Waals surface area contributed by atoms with E-state index in [9.17, 15) is 10.1 Å². The standard InChI is InChI=1S/C21H15N5OS/c22-13-15-7-1-3-9-17(15)28-18-10-4-2-8-16(18)21(27)23-14-20-25-24-19-11-5-6-12-26(19)20/h1-12H,14H2,(H,23,27). The molecule has 28 heavy (non-hydrogen) atoms. The van der Waals surface area contributed by atoms with Crippen molar-refractivity contribution in [3.63, 3.8) is 0 Å². The highest BCUT2D eigenvalue weighted by Gasteiger charge is 2.14. The Morgan fingerprint density at radius 1 is 1.00 bits per heavy atom. The second-order valence-electron chi connectivity index (χ2n) is 5.93. The van der Waals surface area contributed by atoms with Gasteiger partial charge < -0.3 is 5.32 Å². The van der Waals surface area contributed by atoms with Crippen molar-refractivity contribution in [3.05, 3.63) is 89.9 Å². The molecule has 0 saturated carbocycles. The first kappa shape index (κ1) is 17.8. The van der Waals surface area contributed by atoms with Crippen molar-refractivity contribution in [2.45, 2.75) is 16.3 Å². The largest absolute Gasteiger partial charge is 0.345 e. The average Bonchev–Trinajstić information content (AvgIpc) is 3.16. The van der Waals surface area contributed by atoms with E-state index in [-0.39, 0.29) is 12.5 Å². The minimum Gasteiger partial charge on any atom is -0.345 e. The molecule has 2 aromatic heterocycles. The lowest BCUT2D eigenvalue weighted by Gasteiger charge is -2.10. The van der Waals surface area contributed by atoms with Crippen LogP contribution in [0.2, 0.25) is 0 Å². The molecule has 0 bridgehead atoms. The molecule has 1 amide bonds. The summed E-state index contributed by atoms with van der Waals surface area (Å²) < 4.78 is 1.84. The zero-order valence-corrected chi connectivity index (χ0v) is 15.6. The Kier molecular flexibility index (Phi) is 5.04. The fourth-order valence-corrected chi connectivity index (χ4v) is 3.80. The highest BCUT2D eigenvalue weighted by atomic mass is 32.2. The maximum absolute atomic E-state index is 12.8. The molecule has 4 rings (SSSR count). The van der Waals surface area contributed by atoms with Crippen molar-refractivity contribution in [3.8, 4) is 6.07 Å². The number of hydrogen-bond acceptors (Lipinski definition) is 5. The molecule has 136 valence electrons. The van der Waals surface area contributed by atoms with Crippen molar-refractivity contribution < 1.29 is 4.79 Å². The number of nitriles is 1. The third-order valence-electron chi connectivity index (χ3n) is 4.15. The van der Waals surface area contributed by atoms with Crippen molar-refractivity contribution in [2.24, 2.45) is 0 Å². The summed E-state index contributed by atoms with van der Waals surface area (Å²) in [4.78, 5) is 14.4. The third kappa shape index (κ3) is 3.59. The third-order valence-corrected chi connectivity index (χ3v) is 5.30. The number of benzene rings is 2. The molecule has 0 spiro atoms. The summed E-state index contributed by atoms with van der Waals surface area (Å²) in [5.74, 6) is 0.453. The number of rotatable bonds is 5. The summed E-state index contributed by atoms with van der Waals surface area (Å²) in [6, 6.07) is 22.5. The van der Waals surface area contributed by atoms with E-state index in [4.69, 9.17) is 0 Å². The van der Waals surface area contributed by atoms with E-state index < -0.39 is 0 Å². The predicted octanol–water partition coefficient (Wildman–Crippen LogP) is 3.68. The van der Waals surface area contributed by atoms with Gasteiger partial charge in [-0.3, -0.25) is 9.20 Å². The molecule has 0 saturated heterocycles. The average molecular weight is 385 g/mol. The van der Waals surface area contributed by atoms with Gasteiger partial charge in [-0.1, -0.05) is 42.1 Å². The van der Waals surface area contributed by atoms with Crippen LogP contribution >= 0.6 is 11.8 Å². The fraction of sp³-hybridized carbons (Fsp3) is 0.0476. The van der Waals surface area contributed by atoms with Crippen molar-refractivity contribution in [2.75, 3.05) is 0 Å². The molecule has 7 heteroatoms. The zero-order chi connectivity index (χ0) is 19.3.